The van der Waals surface area contributed by atoms with Crippen LogP contribution in [0.1, 0.15) is 17.2 Å². The van der Waals surface area contributed by atoms with Gasteiger partial charge in [0.05, 0.1) is 13.2 Å². The van der Waals surface area contributed by atoms with Crippen LogP contribution in [0, 0.1) is 29.1 Å². The third kappa shape index (κ3) is 2.82. The second-order valence-electron chi connectivity index (χ2n) is 4.28. The molecule has 1 unspecified atom stereocenters. The number of hydrogen-bond acceptors (Lipinski definition) is 2. The van der Waals surface area contributed by atoms with Crippen molar-refractivity contribution in [3.8, 4) is 5.75 Å². The van der Waals surface area contributed by atoms with Crippen molar-refractivity contribution in [2.24, 2.45) is 5.73 Å². The van der Waals surface area contributed by atoms with E-state index in [1.54, 1.807) is 0 Å². The van der Waals surface area contributed by atoms with Crippen molar-refractivity contribution >= 4 is 0 Å². The zero-order chi connectivity index (χ0) is 15.7. The second kappa shape index (κ2) is 5.69. The van der Waals surface area contributed by atoms with Crippen LogP contribution in [0.5, 0.6) is 5.75 Å². The van der Waals surface area contributed by atoms with E-state index in [1.807, 2.05) is 0 Å². The summed E-state index contributed by atoms with van der Waals surface area (Å²) in [6.07, 6.45) is 0. The van der Waals surface area contributed by atoms with Crippen molar-refractivity contribution in [2.45, 2.75) is 6.04 Å². The van der Waals surface area contributed by atoms with Crippen molar-refractivity contribution in [2.75, 3.05) is 7.11 Å². The number of methoxy groups -OCH3 is 1. The maximum absolute atomic E-state index is 13.9. The van der Waals surface area contributed by atoms with Crippen LogP contribution in [0.15, 0.2) is 24.3 Å². The fraction of sp³-hybridized carbons (Fsp3) is 0.143. The molecule has 0 saturated carbocycles. The van der Waals surface area contributed by atoms with Gasteiger partial charge in [0.15, 0.2) is 17.5 Å². The fourth-order valence-electron chi connectivity index (χ4n) is 1.90. The lowest BCUT2D eigenvalue weighted by molar-refractivity contribution is 0.404. The van der Waals surface area contributed by atoms with Gasteiger partial charge in [-0.2, -0.15) is 0 Å². The van der Waals surface area contributed by atoms with E-state index in [-0.39, 0.29) is 11.3 Å². The predicted molar refractivity (Wildman–Crippen MR) is 65.3 cm³/mol. The van der Waals surface area contributed by atoms with Crippen molar-refractivity contribution in [3.05, 3.63) is 64.5 Å². The first-order valence-corrected chi connectivity index (χ1v) is 5.78. The first-order valence-electron chi connectivity index (χ1n) is 5.78. The highest BCUT2D eigenvalue weighted by atomic mass is 19.2. The smallest absolute Gasteiger partial charge is 0.194 e. The van der Waals surface area contributed by atoms with Gasteiger partial charge >= 0.3 is 0 Å². The van der Waals surface area contributed by atoms with E-state index in [0.717, 1.165) is 12.1 Å². The molecule has 2 rings (SSSR count). The molecule has 1 atom stereocenters. The molecule has 7 heteroatoms. The number of benzene rings is 2. The lowest BCUT2D eigenvalue weighted by Gasteiger charge is -2.16. The molecule has 0 aromatic heterocycles. The molecule has 2 N–H and O–H groups in total. The summed E-state index contributed by atoms with van der Waals surface area (Å²) in [6, 6.07) is 1.45. The molecular weight excluding hydrogens is 293 g/mol. The maximum Gasteiger partial charge on any atom is 0.194 e. The number of ether oxygens (including phenoxy) is 1. The van der Waals surface area contributed by atoms with E-state index in [0.29, 0.717) is 12.1 Å². The van der Waals surface area contributed by atoms with Gasteiger partial charge in [0.1, 0.15) is 17.4 Å². The molecule has 0 aliphatic heterocycles. The van der Waals surface area contributed by atoms with Gasteiger partial charge in [0.2, 0.25) is 0 Å². The summed E-state index contributed by atoms with van der Waals surface area (Å²) in [4.78, 5) is 0. The lowest BCUT2D eigenvalue weighted by Crippen LogP contribution is -2.17. The van der Waals surface area contributed by atoms with Crippen LogP contribution in [-0.2, 0) is 0 Å². The topological polar surface area (TPSA) is 35.2 Å². The Balaban J connectivity index is 2.52. The van der Waals surface area contributed by atoms with Gasteiger partial charge in [-0.15, -0.1) is 0 Å². The Morgan fingerprint density at radius 3 is 1.76 bits per heavy atom. The van der Waals surface area contributed by atoms with Crippen LogP contribution in [-0.4, -0.2) is 7.11 Å². The van der Waals surface area contributed by atoms with E-state index in [1.165, 1.54) is 7.11 Å². The number of hydrogen-bond donors (Lipinski definition) is 1. The normalized spacial score (nSPS) is 12.3. The van der Waals surface area contributed by atoms with Crippen molar-refractivity contribution in [3.63, 3.8) is 0 Å². The Morgan fingerprint density at radius 1 is 0.857 bits per heavy atom. The average molecular weight is 303 g/mol. The van der Waals surface area contributed by atoms with Gasteiger partial charge in [-0.3, -0.25) is 0 Å². The third-order valence-corrected chi connectivity index (χ3v) is 2.96. The molecule has 0 amide bonds. The highest BCUT2D eigenvalue weighted by molar-refractivity contribution is 5.38. The van der Waals surface area contributed by atoms with Gasteiger partial charge in [0, 0.05) is 17.7 Å². The SMILES string of the molecule is COc1cc(F)c(C(N)c2cc(F)c(F)c(F)c2)c(F)c1. The summed E-state index contributed by atoms with van der Waals surface area (Å²) in [5.41, 5.74) is 4.73. The first kappa shape index (κ1) is 15.2. The zero-order valence-electron chi connectivity index (χ0n) is 10.8. The number of nitrogens with two attached hydrogens (primary N) is 1. The summed E-state index contributed by atoms with van der Waals surface area (Å²) >= 11 is 0. The predicted octanol–water partition coefficient (Wildman–Crippen LogP) is 3.44. The molecule has 2 aromatic carbocycles. The molecule has 0 aliphatic carbocycles. The molecular formula is C14H10F5NO. The number of halogens is 5. The van der Waals surface area contributed by atoms with Gasteiger partial charge in [-0.1, -0.05) is 0 Å². The zero-order valence-corrected chi connectivity index (χ0v) is 10.8. The molecule has 0 heterocycles. The Bertz CT molecular complexity index is 643. The Morgan fingerprint density at radius 2 is 1.33 bits per heavy atom. The highest BCUT2D eigenvalue weighted by Crippen LogP contribution is 2.29. The van der Waals surface area contributed by atoms with E-state index in [4.69, 9.17) is 5.73 Å². The lowest BCUT2D eigenvalue weighted by atomic mass is 9.98. The molecule has 2 aromatic rings. The largest absolute Gasteiger partial charge is 0.497 e. The van der Waals surface area contributed by atoms with Crippen LogP contribution in [0.25, 0.3) is 0 Å². The minimum Gasteiger partial charge on any atom is -0.497 e. The second-order valence-corrected chi connectivity index (χ2v) is 4.28. The summed E-state index contributed by atoms with van der Waals surface area (Å²) in [7, 11) is 1.22. The molecule has 112 valence electrons. The molecule has 0 fully saturated rings. The first-order chi connectivity index (χ1) is 9.85. The standard InChI is InChI=1S/C14H10F5NO/c1-21-7-4-8(15)12(9(16)5-7)14(20)6-2-10(17)13(19)11(18)3-6/h2-5,14H,20H2,1H3. The Labute approximate surface area is 116 Å². The van der Waals surface area contributed by atoms with Gasteiger partial charge in [-0.25, -0.2) is 22.0 Å². The fourth-order valence-corrected chi connectivity index (χ4v) is 1.90. The quantitative estimate of drug-likeness (QED) is 0.696. The van der Waals surface area contributed by atoms with Crippen LogP contribution >= 0.6 is 0 Å². The van der Waals surface area contributed by atoms with E-state index >= 15 is 0 Å². The highest BCUT2D eigenvalue weighted by Gasteiger charge is 2.22. The van der Waals surface area contributed by atoms with Gasteiger partial charge < -0.3 is 10.5 Å². The minimum atomic E-state index is -1.68. The van der Waals surface area contributed by atoms with Gasteiger partial charge in [0.25, 0.3) is 0 Å². The average Bonchev–Trinajstić information content (AvgIpc) is 2.43. The van der Waals surface area contributed by atoms with Crippen LogP contribution in [0.4, 0.5) is 22.0 Å². The molecule has 21 heavy (non-hydrogen) atoms. The summed E-state index contributed by atoms with van der Waals surface area (Å²) < 4.78 is 71.6. The Kier molecular flexibility index (Phi) is 4.13. The van der Waals surface area contributed by atoms with Gasteiger partial charge in [-0.05, 0) is 17.7 Å². The molecule has 0 aliphatic rings. The van der Waals surface area contributed by atoms with E-state index in [2.05, 4.69) is 4.74 Å². The summed E-state index contributed by atoms with van der Waals surface area (Å²) in [6.45, 7) is 0. The van der Waals surface area contributed by atoms with Crippen LogP contribution in [0.2, 0.25) is 0 Å². The minimum absolute atomic E-state index is 0.0718. The van der Waals surface area contributed by atoms with E-state index in [9.17, 15) is 22.0 Å². The monoisotopic (exact) mass is 303 g/mol. The molecule has 2 nitrogen and oxygen atoms in total. The molecule has 0 radical (unpaired) electrons. The Hall–Kier alpha value is -2.15. The summed E-state index contributed by atoms with van der Waals surface area (Å²) in [5.74, 6) is -6.81. The van der Waals surface area contributed by atoms with Crippen molar-refractivity contribution < 1.29 is 26.7 Å². The molecule has 0 bridgehead atoms. The van der Waals surface area contributed by atoms with Crippen molar-refractivity contribution in [1.82, 2.24) is 0 Å². The van der Waals surface area contributed by atoms with Crippen molar-refractivity contribution in [1.29, 1.82) is 0 Å². The summed E-state index contributed by atoms with van der Waals surface area (Å²) in [5, 5.41) is 0. The number of rotatable bonds is 3. The molecule has 0 spiro atoms. The third-order valence-electron chi connectivity index (χ3n) is 2.96. The maximum atomic E-state index is 13.9. The van der Waals surface area contributed by atoms with Crippen LogP contribution < -0.4 is 10.5 Å². The van der Waals surface area contributed by atoms with E-state index < -0.39 is 40.7 Å². The molecule has 0 saturated heterocycles. The van der Waals surface area contributed by atoms with Crippen LogP contribution in [0.3, 0.4) is 0 Å².